The van der Waals surface area contributed by atoms with Crippen LogP contribution in [-0.2, 0) is 11.3 Å². The first-order chi connectivity index (χ1) is 10.1. The third-order valence-electron chi connectivity index (χ3n) is 3.94. The molecule has 0 saturated heterocycles. The second kappa shape index (κ2) is 8.79. The Kier molecular flexibility index (Phi) is 7.39. The van der Waals surface area contributed by atoms with E-state index in [1.54, 1.807) is 0 Å². The van der Waals surface area contributed by atoms with Gasteiger partial charge in [0.25, 0.3) is 0 Å². The topological polar surface area (TPSA) is 79.3 Å². The van der Waals surface area contributed by atoms with Gasteiger partial charge < -0.3 is 20.5 Å². The number of aliphatic hydroxyl groups excluding tert-OH is 1. The fraction of sp³-hybridized carbons (Fsp3) is 0.733. The van der Waals surface area contributed by atoms with Gasteiger partial charge in [0.15, 0.2) is 5.82 Å². The molecule has 6 heteroatoms. The molecule has 0 aliphatic heterocycles. The fourth-order valence-corrected chi connectivity index (χ4v) is 2.03. The number of hydrogen-bond donors (Lipinski definition) is 3. The summed E-state index contributed by atoms with van der Waals surface area (Å²) in [6.07, 6.45) is 1.84. The van der Waals surface area contributed by atoms with Crippen molar-refractivity contribution in [3.05, 3.63) is 11.9 Å². The monoisotopic (exact) mass is 296 g/mol. The predicted molar refractivity (Wildman–Crippen MR) is 85.5 cm³/mol. The summed E-state index contributed by atoms with van der Waals surface area (Å²) >= 11 is 0. The third kappa shape index (κ3) is 5.13. The molecule has 21 heavy (non-hydrogen) atoms. The van der Waals surface area contributed by atoms with Gasteiger partial charge in [-0.05, 0) is 19.8 Å². The van der Waals surface area contributed by atoms with Crippen molar-refractivity contribution in [1.29, 1.82) is 0 Å². The van der Waals surface area contributed by atoms with Crippen LogP contribution in [0.15, 0.2) is 6.07 Å². The molecule has 1 rings (SSSR count). The van der Waals surface area contributed by atoms with Gasteiger partial charge in [-0.3, -0.25) is 0 Å². The Morgan fingerprint density at radius 2 is 1.86 bits per heavy atom. The second-order valence-corrected chi connectivity index (χ2v) is 5.16. The molecule has 1 heterocycles. The van der Waals surface area contributed by atoms with E-state index in [1.165, 1.54) is 0 Å². The Labute approximate surface area is 127 Å². The Hall–Kier alpha value is -1.40. The van der Waals surface area contributed by atoms with E-state index in [4.69, 9.17) is 4.74 Å². The second-order valence-electron chi connectivity index (χ2n) is 5.16. The molecule has 1 aromatic rings. The van der Waals surface area contributed by atoms with Crippen molar-refractivity contribution >= 4 is 11.6 Å². The molecule has 0 atom stereocenters. The van der Waals surface area contributed by atoms with E-state index in [0.717, 1.165) is 24.5 Å². The van der Waals surface area contributed by atoms with E-state index >= 15 is 0 Å². The molecule has 0 unspecified atom stereocenters. The van der Waals surface area contributed by atoms with Gasteiger partial charge in [-0.25, -0.2) is 9.97 Å². The number of ether oxygens (including phenoxy) is 1. The standard InChI is InChI=1S/C15H28N4O2/c1-5-15(6-2,11-20)10-17-13-8-12(16-4)18-14(19-13)9-21-7-3/h8,20H,5-7,9-11H2,1-4H3,(H2,16,17,18,19). The fourth-order valence-electron chi connectivity index (χ4n) is 2.03. The van der Waals surface area contributed by atoms with Gasteiger partial charge in [0.1, 0.15) is 18.2 Å². The molecule has 0 amide bonds. The van der Waals surface area contributed by atoms with Crippen LogP contribution in [-0.4, -0.2) is 41.9 Å². The third-order valence-corrected chi connectivity index (χ3v) is 3.94. The predicted octanol–water partition coefficient (Wildman–Crippen LogP) is 2.27. The van der Waals surface area contributed by atoms with Crippen molar-refractivity contribution in [1.82, 2.24) is 9.97 Å². The van der Waals surface area contributed by atoms with Crippen LogP contribution in [0.1, 0.15) is 39.4 Å². The van der Waals surface area contributed by atoms with Crippen molar-refractivity contribution in [3.63, 3.8) is 0 Å². The molecule has 0 radical (unpaired) electrons. The molecule has 0 saturated carbocycles. The number of nitrogens with one attached hydrogen (secondary N) is 2. The summed E-state index contributed by atoms with van der Waals surface area (Å²) in [5.74, 6) is 2.15. The lowest BCUT2D eigenvalue weighted by molar-refractivity contribution is 0.126. The van der Waals surface area contributed by atoms with E-state index in [1.807, 2.05) is 20.0 Å². The van der Waals surface area contributed by atoms with Crippen LogP contribution in [0, 0.1) is 5.41 Å². The summed E-state index contributed by atoms with van der Waals surface area (Å²) in [5.41, 5.74) is -0.106. The average Bonchev–Trinajstić information content (AvgIpc) is 2.54. The van der Waals surface area contributed by atoms with E-state index < -0.39 is 0 Å². The van der Waals surface area contributed by atoms with Crippen LogP contribution in [0.3, 0.4) is 0 Å². The van der Waals surface area contributed by atoms with Crippen LogP contribution in [0.2, 0.25) is 0 Å². The van der Waals surface area contributed by atoms with Gasteiger partial charge in [-0.1, -0.05) is 13.8 Å². The van der Waals surface area contributed by atoms with Gasteiger partial charge in [0.05, 0.1) is 6.61 Å². The quantitative estimate of drug-likeness (QED) is 0.614. The van der Waals surface area contributed by atoms with Crippen LogP contribution < -0.4 is 10.6 Å². The van der Waals surface area contributed by atoms with Crippen molar-refractivity contribution in [2.45, 2.75) is 40.2 Å². The van der Waals surface area contributed by atoms with Gasteiger partial charge >= 0.3 is 0 Å². The normalized spacial score (nSPS) is 11.5. The van der Waals surface area contributed by atoms with Crippen LogP contribution in [0.25, 0.3) is 0 Å². The number of nitrogens with zero attached hydrogens (tertiary/aromatic N) is 2. The molecule has 6 nitrogen and oxygen atoms in total. The van der Waals surface area contributed by atoms with Crippen molar-refractivity contribution in [2.24, 2.45) is 5.41 Å². The lowest BCUT2D eigenvalue weighted by Gasteiger charge is -2.29. The van der Waals surface area contributed by atoms with Gasteiger partial charge in [-0.2, -0.15) is 0 Å². The van der Waals surface area contributed by atoms with Crippen molar-refractivity contribution in [2.75, 3.05) is 37.4 Å². The smallest absolute Gasteiger partial charge is 0.158 e. The first kappa shape index (κ1) is 17.7. The van der Waals surface area contributed by atoms with Gasteiger partial charge in [-0.15, -0.1) is 0 Å². The molecule has 3 N–H and O–H groups in total. The van der Waals surface area contributed by atoms with E-state index in [-0.39, 0.29) is 12.0 Å². The molecular formula is C15H28N4O2. The number of anilines is 2. The molecule has 120 valence electrons. The molecular weight excluding hydrogens is 268 g/mol. The maximum atomic E-state index is 9.62. The Bertz CT molecular complexity index is 414. The minimum atomic E-state index is -0.106. The minimum Gasteiger partial charge on any atom is -0.396 e. The van der Waals surface area contributed by atoms with Gasteiger partial charge in [0, 0.05) is 31.7 Å². The highest BCUT2D eigenvalue weighted by atomic mass is 16.5. The Balaban J connectivity index is 2.81. The molecule has 0 aromatic carbocycles. The summed E-state index contributed by atoms with van der Waals surface area (Å²) in [7, 11) is 1.83. The Morgan fingerprint density at radius 3 is 2.38 bits per heavy atom. The molecule has 1 aromatic heterocycles. The molecule has 0 aliphatic carbocycles. The highest BCUT2D eigenvalue weighted by molar-refractivity contribution is 5.47. The number of hydrogen-bond acceptors (Lipinski definition) is 6. The average molecular weight is 296 g/mol. The first-order valence-electron chi connectivity index (χ1n) is 7.61. The first-order valence-corrected chi connectivity index (χ1v) is 7.61. The lowest BCUT2D eigenvalue weighted by atomic mass is 9.83. The highest BCUT2D eigenvalue weighted by Gasteiger charge is 2.25. The van der Waals surface area contributed by atoms with E-state index in [0.29, 0.717) is 25.6 Å². The molecule has 0 spiro atoms. The lowest BCUT2D eigenvalue weighted by Crippen LogP contribution is -2.32. The Morgan fingerprint density at radius 1 is 1.19 bits per heavy atom. The van der Waals surface area contributed by atoms with Crippen LogP contribution >= 0.6 is 0 Å². The van der Waals surface area contributed by atoms with Crippen LogP contribution in [0.4, 0.5) is 11.6 Å². The SMILES string of the molecule is CCOCc1nc(NC)cc(NCC(CC)(CC)CO)n1. The molecule has 0 fully saturated rings. The summed E-state index contributed by atoms with van der Waals surface area (Å²) in [6.45, 7) is 8.02. The summed E-state index contributed by atoms with van der Waals surface area (Å²) in [5, 5.41) is 16.0. The zero-order chi connectivity index (χ0) is 15.7. The zero-order valence-corrected chi connectivity index (χ0v) is 13.6. The van der Waals surface area contributed by atoms with Gasteiger partial charge in [0.2, 0.25) is 0 Å². The summed E-state index contributed by atoms with van der Waals surface area (Å²) < 4.78 is 5.36. The van der Waals surface area contributed by atoms with Crippen molar-refractivity contribution < 1.29 is 9.84 Å². The molecule has 0 aliphatic rings. The number of aliphatic hydroxyl groups is 1. The minimum absolute atomic E-state index is 0.106. The largest absolute Gasteiger partial charge is 0.396 e. The van der Waals surface area contributed by atoms with Crippen molar-refractivity contribution in [3.8, 4) is 0 Å². The van der Waals surface area contributed by atoms with Crippen LogP contribution in [0.5, 0.6) is 0 Å². The zero-order valence-electron chi connectivity index (χ0n) is 13.6. The maximum Gasteiger partial charge on any atom is 0.158 e. The van der Waals surface area contributed by atoms with E-state index in [9.17, 15) is 5.11 Å². The summed E-state index contributed by atoms with van der Waals surface area (Å²) in [6, 6.07) is 1.86. The number of aromatic nitrogens is 2. The number of rotatable bonds is 10. The summed E-state index contributed by atoms with van der Waals surface area (Å²) in [4.78, 5) is 8.81. The molecule has 0 bridgehead atoms. The highest BCUT2D eigenvalue weighted by Crippen LogP contribution is 2.26. The maximum absolute atomic E-state index is 9.62. The van der Waals surface area contributed by atoms with E-state index in [2.05, 4.69) is 34.4 Å².